The van der Waals surface area contributed by atoms with E-state index in [2.05, 4.69) is 5.32 Å². The fourth-order valence-corrected chi connectivity index (χ4v) is 1.92. The Morgan fingerprint density at radius 2 is 2.00 bits per heavy atom. The van der Waals surface area contributed by atoms with Crippen LogP contribution in [0.5, 0.6) is 5.75 Å². The van der Waals surface area contributed by atoms with Crippen LogP contribution >= 0.6 is 0 Å². The molecule has 116 valence electrons. The summed E-state index contributed by atoms with van der Waals surface area (Å²) in [4.78, 5) is 22.4. The summed E-state index contributed by atoms with van der Waals surface area (Å²) in [5.41, 5.74) is 0.871. The third-order valence-corrected chi connectivity index (χ3v) is 2.83. The molecule has 1 amide bonds. The standard InChI is InChI=1S/C16H23NO4/c1-11(2)21-14-6-4-5-13(9-14)10-15(18)17-12(3)7-8-16(19)20/h4-6,9,11-12H,7-8,10H2,1-3H3,(H,17,18)(H,19,20). The summed E-state index contributed by atoms with van der Waals surface area (Å²) in [5.74, 6) is -0.224. The molecule has 21 heavy (non-hydrogen) atoms. The Balaban J connectivity index is 2.48. The lowest BCUT2D eigenvalue weighted by Gasteiger charge is -2.14. The molecule has 1 rings (SSSR count). The molecule has 0 aromatic heterocycles. The average molecular weight is 293 g/mol. The molecule has 0 aliphatic rings. The van der Waals surface area contributed by atoms with Crippen LogP contribution in [0, 0.1) is 0 Å². The van der Waals surface area contributed by atoms with Gasteiger partial charge in [-0.15, -0.1) is 0 Å². The Kier molecular flexibility index (Phi) is 6.72. The van der Waals surface area contributed by atoms with Gasteiger partial charge in [0.1, 0.15) is 5.75 Å². The van der Waals surface area contributed by atoms with E-state index >= 15 is 0 Å². The van der Waals surface area contributed by atoms with Crippen LogP contribution in [-0.4, -0.2) is 29.1 Å². The summed E-state index contributed by atoms with van der Waals surface area (Å²) in [6.07, 6.45) is 0.828. The first kappa shape index (κ1) is 17.0. The Labute approximate surface area is 125 Å². The highest BCUT2D eigenvalue weighted by atomic mass is 16.5. The van der Waals surface area contributed by atoms with E-state index < -0.39 is 5.97 Å². The Hall–Kier alpha value is -2.04. The molecule has 1 aromatic carbocycles. The second kappa shape index (κ2) is 8.29. The van der Waals surface area contributed by atoms with Gasteiger partial charge in [0.2, 0.25) is 5.91 Å². The van der Waals surface area contributed by atoms with Crippen molar-refractivity contribution in [3.8, 4) is 5.75 Å². The van der Waals surface area contributed by atoms with E-state index in [9.17, 15) is 9.59 Å². The highest BCUT2D eigenvalue weighted by Gasteiger charge is 2.10. The van der Waals surface area contributed by atoms with Gasteiger partial charge in [-0.05, 0) is 44.9 Å². The number of carboxylic acids is 1. The number of carbonyl (C=O) groups is 2. The van der Waals surface area contributed by atoms with Crippen molar-refractivity contribution >= 4 is 11.9 Å². The molecule has 0 fully saturated rings. The lowest BCUT2D eigenvalue weighted by Crippen LogP contribution is -2.34. The van der Waals surface area contributed by atoms with Gasteiger partial charge in [0.25, 0.3) is 0 Å². The average Bonchev–Trinajstić information content (AvgIpc) is 2.35. The number of amides is 1. The number of hydrogen-bond acceptors (Lipinski definition) is 3. The normalized spacial score (nSPS) is 12.0. The number of ether oxygens (including phenoxy) is 1. The smallest absolute Gasteiger partial charge is 0.303 e. The maximum atomic E-state index is 11.9. The van der Waals surface area contributed by atoms with Crippen LogP contribution in [0.25, 0.3) is 0 Å². The first-order chi connectivity index (χ1) is 9.86. The minimum Gasteiger partial charge on any atom is -0.491 e. The molecule has 1 unspecified atom stereocenters. The zero-order valence-corrected chi connectivity index (χ0v) is 12.8. The molecule has 1 aromatic rings. The molecular weight excluding hydrogens is 270 g/mol. The van der Waals surface area contributed by atoms with E-state index in [0.717, 1.165) is 11.3 Å². The molecule has 2 N–H and O–H groups in total. The SMILES string of the molecule is CC(CCC(=O)O)NC(=O)Cc1cccc(OC(C)C)c1. The maximum Gasteiger partial charge on any atom is 0.303 e. The van der Waals surface area contributed by atoms with Crippen molar-refractivity contribution in [2.24, 2.45) is 0 Å². The zero-order chi connectivity index (χ0) is 15.8. The fourth-order valence-electron chi connectivity index (χ4n) is 1.92. The first-order valence-corrected chi connectivity index (χ1v) is 7.13. The Morgan fingerprint density at radius 1 is 1.29 bits per heavy atom. The van der Waals surface area contributed by atoms with Gasteiger partial charge >= 0.3 is 5.97 Å². The molecule has 0 bridgehead atoms. The summed E-state index contributed by atoms with van der Waals surface area (Å²) in [5, 5.41) is 11.4. The molecular formula is C16H23NO4. The van der Waals surface area contributed by atoms with Gasteiger partial charge < -0.3 is 15.2 Å². The van der Waals surface area contributed by atoms with E-state index in [1.54, 1.807) is 6.92 Å². The van der Waals surface area contributed by atoms with E-state index in [0.29, 0.717) is 6.42 Å². The molecule has 0 radical (unpaired) electrons. The largest absolute Gasteiger partial charge is 0.491 e. The minimum absolute atomic E-state index is 0.0547. The van der Waals surface area contributed by atoms with Crippen LogP contribution in [-0.2, 0) is 16.0 Å². The fraction of sp³-hybridized carbons (Fsp3) is 0.500. The minimum atomic E-state index is -0.852. The molecule has 1 atom stereocenters. The van der Waals surface area contributed by atoms with Crippen molar-refractivity contribution in [3.63, 3.8) is 0 Å². The summed E-state index contributed by atoms with van der Waals surface area (Å²) in [6.45, 7) is 5.70. The second-order valence-corrected chi connectivity index (χ2v) is 5.39. The van der Waals surface area contributed by atoms with E-state index in [-0.39, 0.29) is 30.9 Å². The lowest BCUT2D eigenvalue weighted by molar-refractivity contribution is -0.137. The van der Waals surface area contributed by atoms with Gasteiger partial charge in [0.05, 0.1) is 12.5 Å². The summed E-state index contributed by atoms with van der Waals surface area (Å²) in [6, 6.07) is 7.28. The summed E-state index contributed by atoms with van der Waals surface area (Å²) < 4.78 is 5.59. The van der Waals surface area contributed by atoms with E-state index in [4.69, 9.17) is 9.84 Å². The van der Waals surface area contributed by atoms with Gasteiger partial charge in [0, 0.05) is 12.5 Å². The highest BCUT2D eigenvalue weighted by molar-refractivity contribution is 5.79. The van der Waals surface area contributed by atoms with Crippen LogP contribution in [0.3, 0.4) is 0 Å². The molecule has 0 saturated carbocycles. The topological polar surface area (TPSA) is 75.6 Å². The zero-order valence-electron chi connectivity index (χ0n) is 12.8. The van der Waals surface area contributed by atoms with Crippen LogP contribution < -0.4 is 10.1 Å². The van der Waals surface area contributed by atoms with Gasteiger partial charge in [-0.3, -0.25) is 9.59 Å². The summed E-state index contributed by atoms with van der Waals surface area (Å²) >= 11 is 0. The Bertz CT molecular complexity index is 485. The predicted octanol–water partition coefficient (Wildman–Crippen LogP) is 2.39. The monoisotopic (exact) mass is 293 g/mol. The highest BCUT2D eigenvalue weighted by Crippen LogP contribution is 2.15. The molecule has 0 aliphatic carbocycles. The molecule has 0 aliphatic heterocycles. The van der Waals surface area contributed by atoms with Crippen molar-refractivity contribution in [3.05, 3.63) is 29.8 Å². The lowest BCUT2D eigenvalue weighted by atomic mass is 10.1. The molecule has 5 heteroatoms. The number of rotatable bonds is 8. The molecule has 0 saturated heterocycles. The van der Waals surface area contributed by atoms with Crippen molar-refractivity contribution in [1.82, 2.24) is 5.32 Å². The molecule has 0 spiro atoms. The van der Waals surface area contributed by atoms with Crippen molar-refractivity contribution in [2.45, 2.75) is 52.2 Å². The Morgan fingerprint density at radius 3 is 2.62 bits per heavy atom. The quantitative estimate of drug-likeness (QED) is 0.771. The van der Waals surface area contributed by atoms with Crippen LogP contribution in [0.15, 0.2) is 24.3 Å². The van der Waals surface area contributed by atoms with Crippen LogP contribution in [0.4, 0.5) is 0 Å². The van der Waals surface area contributed by atoms with Crippen molar-refractivity contribution in [2.75, 3.05) is 0 Å². The third kappa shape index (κ3) is 7.34. The van der Waals surface area contributed by atoms with E-state index in [1.165, 1.54) is 0 Å². The molecule has 0 heterocycles. The number of hydrogen-bond donors (Lipinski definition) is 2. The number of carboxylic acid groups (broad SMARTS) is 1. The molecule has 5 nitrogen and oxygen atoms in total. The van der Waals surface area contributed by atoms with Gasteiger partial charge in [-0.1, -0.05) is 12.1 Å². The number of nitrogens with one attached hydrogen (secondary N) is 1. The number of benzene rings is 1. The second-order valence-electron chi connectivity index (χ2n) is 5.39. The van der Waals surface area contributed by atoms with Gasteiger partial charge in [-0.2, -0.15) is 0 Å². The van der Waals surface area contributed by atoms with E-state index in [1.807, 2.05) is 38.1 Å². The van der Waals surface area contributed by atoms with Crippen LogP contribution in [0.1, 0.15) is 39.2 Å². The predicted molar refractivity (Wildman–Crippen MR) is 80.4 cm³/mol. The third-order valence-electron chi connectivity index (χ3n) is 2.83. The maximum absolute atomic E-state index is 11.9. The first-order valence-electron chi connectivity index (χ1n) is 7.13. The number of carbonyl (C=O) groups excluding carboxylic acids is 1. The van der Waals surface area contributed by atoms with Gasteiger partial charge in [-0.25, -0.2) is 0 Å². The number of aliphatic carboxylic acids is 1. The summed E-state index contributed by atoms with van der Waals surface area (Å²) in [7, 11) is 0. The van der Waals surface area contributed by atoms with Crippen molar-refractivity contribution in [1.29, 1.82) is 0 Å². The van der Waals surface area contributed by atoms with Crippen molar-refractivity contribution < 1.29 is 19.4 Å². The van der Waals surface area contributed by atoms with Crippen LogP contribution in [0.2, 0.25) is 0 Å². The van der Waals surface area contributed by atoms with Gasteiger partial charge in [0.15, 0.2) is 0 Å².